The van der Waals surface area contributed by atoms with Crippen LogP contribution in [0.1, 0.15) is 0 Å². The first-order valence-electron chi connectivity index (χ1n) is 41.8. The Morgan fingerprint density at radius 1 is 0.244 bits per heavy atom. The maximum absolute atomic E-state index is 6.31. The summed E-state index contributed by atoms with van der Waals surface area (Å²) in [6.07, 6.45) is 16.4. The molecule has 0 fully saturated rings. The number of thiazole rings is 6. The van der Waals surface area contributed by atoms with Gasteiger partial charge < -0.3 is 41.9 Å². The summed E-state index contributed by atoms with van der Waals surface area (Å²) in [7, 11) is 0. The predicted molar refractivity (Wildman–Crippen MR) is 531 cm³/mol. The first kappa shape index (κ1) is 86.2. The summed E-state index contributed by atoms with van der Waals surface area (Å²) in [6.45, 7) is 0. The molecule has 135 heavy (non-hydrogen) atoms. The maximum atomic E-state index is 6.31. The van der Waals surface area contributed by atoms with Gasteiger partial charge >= 0.3 is 63.2 Å². The second kappa shape index (κ2) is 37.0. The van der Waals surface area contributed by atoms with Crippen LogP contribution < -0.4 is 0 Å². The first-order chi connectivity index (χ1) is 65.4. The molecule has 0 N–H and O–H groups in total. The number of hydrogen-bond acceptors (Lipinski definition) is 21. The Kier molecular flexibility index (Phi) is 23.6. The van der Waals surface area contributed by atoms with E-state index in [0.29, 0.717) is 23.3 Å². The van der Waals surface area contributed by atoms with E-state index in [2.05, 4.69) is 199 Å². The summed E-state index contributed by atoms with van der Waals surface area (Å²) < 4.78 is 25.3. The van der Waals surface area contributed by atoms with Gasteiger partial charge in [-0.05, 0) is 163 Å². The fourth-order valence-electron chi connectivity index (χ4n) is 16.9. The zero-order chi connectivity index (χ0) is 87.1. The molecular formula is C108H57N15O3Pt3S6. The Labute approximate surface area is 836 Å². The fourth-order valence-corrected chi connectivity index (χ4v) is 20.7. The van der Waals surface area contributed by atoms with Crippen molar-refractivity contribution in [3.8, 4) is 149 Å². The third kappa shape index (κ3) is 16.2. The average Bonchev–Trinajstić information content (AvgIpc) is 1.59. The Morgan fingerprint density at radius 2 is 0.659 bits per heavy atom. The number of aromatic nitrogens is 15. The van der Waals surface area contributed by atoms with Crippen LogP contribution in [0.4, 0.5) is 0 Å². The fraction of sp³-hybridized carbons (Fsp3) is 0. The number of fused-ring (bicyclic) bond motifs is 12. The molecule has 27 heteroatoms. The molecule has 27 aromatic rings. The second-order valence-electron chi connectivity index (χ2n) is 30.7. The molecule has 0 aliphatic heterocycles. The van der Waals surface area contributed by atoms with Crippen molar-refractivity contribution in [2.24, 2.45) is 0 Å². The van der Waals surface area contributed by atoms with Crippen LogP contribution in [0.3, 0.4) is 0 Å². The molecular weight excluding hydrogens is 2330 g/mol. The summed E-state index contributed by atoms with van der Waals surface area (Å²) in [5.74, 6) is 1.57. The van der Waals surface area contributed by atoms with E-state index in [1.54, 1.807) is 80.4 Å². The van der Waals surface area contributed by atoms with Crippen molar-refractivity contribution < 1.29 is 76.4 Å². The van der Waals surface area contributed by atoms with Crippen molar-refractivity contribution in [3.05, 3.63) is 379 Å². The summed E-state index contributed by atoms with van der Waals surface area (Å²) in [5, 5.41) is 24.2. The van der Waals surface area contributed by atoms with E-state index in [1.165, 1.54) is 0 Å². The number of benzene rings is 12. The standard InChI is InChI=1S/3C36H19N5OS2.3Pt/c1-3-7-30-25(5-1)26-12-10-23(34-40-29-6-2-4-8-33(29)42-34)20-31(26)41(30)32-19-22(9-13-27(32)36-38-16-18-44-36)28-14-11-24(21-39-28)35-37-15-17-43-35;1-2-13-37-29(6-1)22-4-3-5-26(18-22)41-31-11-8-24(35-38-14-16-43-35)19-28(31)27-10-7-23(21-32(27)41)34-40-30-20-25(9-12-33(30)42-34)36-39-15-17-44-36;1-2-13-37-29(6-1)22-4-3-5-26(18-22)41-31-12-9-24(35-38-14-16-43-35)19-28(31)27-10-7-23(20-32(27)41)34-40-30-11-8-25(21-33(30)42-34)36-39-15-17-44-36;;;/h1-18,21H;1-17,19-20H;1-17,19,21H;;;/q3*-2;3*+2. The van der Waals surface area contributed by atoms with Gasteiger partial charge in [0.15, 0.2) is 0 Å². The Balaban J connectivity index is 0.000000116. The van der Waals surface area contributed by atoms with Crippen molar-refractivity contribution in [1.29, 1.82) is 0 Å². The SMILES string of the molecule is [Pt+2].[Pt+2].[Pt+2].[c-]1c(-c2ccc(-c3nccs3)cn2)ccc(-c2nccs2)c1-n1c2[c-]c(-c3nc4ccccc4o3)ccc2c2ccccc21.[c-]1c(-c2ccccn2)cccc1-n1c2[c-]c(-c3nc4cc(-c5nccs5)ccc4o3)ccc2c2cc(-c3nccs3)ccc21.[c-]1c(-c2ccccn2)cccc1-n1c2[c-]c(-c3nc4ccc(-c5nccs5)cc4o3)ccc2c2cc(-c3nccs3)ccc21. The number of nitrogens with zero attached hydrogens (tertiary/aromatic N) is 15. The van der Waals surface area contributed by atoms with Gasteiger partial charge in [-0.2, -0.15) is 0 Å². The first-order valence-corrected chi connectivity index (χ1v) is 47.1. The maximum Gasteiger partial charge on any atom is 2.00 e. The van der Waals surface area contributed by atoms with Gasteiger partial charge in [0.25, 0.3) is 0 Å². The van der Waals surface area contributed by atoms with Crippen LogP contribution in [0.15, 0.2) is 356 Å². The Bertz CT molecular complexity index is 8620. The monoisotopic (exact) mass is 2390 g/mol. The minimum absolute atomic E-state index is 0. The van der Waals surface area contributed by atoms with Crippen molar-refractivity contribution in [2.45, 2.75) is 0 Å². The molecule has 0 saturated heterocycles. The molecule has 648 valence electrons. The van der Waals surface area contributed by atoms with E-state index < -0.39 is 0 Å². The van der Waals surface area contributed by atoms with Gasteiger partial charge in [-0.1, -0.05) is 112 Å². The molecule has 0 spiro atoms. The van der Waals surface area contributed by atoms with Crippen LogP contribution in [0.5, 0.6) is 0 Å². The van der Waals surface area contributed by atoms with Crippen LogP contribution in [-0.4, -0.2) is 73.5 Å². The molecule has 18 nitrogen and oxygen atoms in total. The molecule has 0 aliphatic rings. The van der Waals surface area contributed by atoms with Crippen molar-refractivity contribution in [3.63, 3.8) is 0 Å². The van der Waals surface area contributed by atoms with Crippen molar-refractivity contribution >= 4 is 167 Å². The van der Waals surface area contributed by atoms with Gasteiger partial charge in [0.05, 0.1) is 21.6 Å². The number of rotatable bonds is 15. The third-order valence-electron chi connectivity index (χ3n) is 22.9. The van der Waals surface area contributed by atoms with Crippen LogP contribution >= 0.6 is 68.0 Å². The zero-order valence-corrected chi connectivity index (χ0v) is 81.5. The topological polar surface area (TPSA) is 209 Å². The number of hydrogen-bond donors (Lipinski definition) is 0. The Hall–Kier alpha value is -14.3. The van der Waals surface area contributed by atoms with Gasteiger partial charge in [0.2, 0.25) is 0 Å². The number of oxazole rings is 3. The van der Waals surface area contributed by atoms with Crippen LogP contribution in [-0.2, 0) is 63.2 Å². The quantitative estimate of drug-likeness (QED) is 0.0874. The second-order valence-corrected chi connectivity index (χ2v) is 36.1. The van der Waals surface area contributed by atoms with Gasteiger partial charge in [0, 0.05) is 132 Å². The summed E-state index contributed by atoms with van der Waals surface area (Å²) in [5.41, 5.74) is 26.9. The van der Waals surface area contributed by atoms with E-state index in [1.807, 2.05) is 221 Å². The van der Waals surface area contributed by atoms with Gasteiger partial charge in [-0.3, -0.25) is 19.9 Å². The average molecular weight is 2390 g/mol. The molecule has 15 heterocycles. The molecule has 0 aliphatic carbocycles. The number of para-hydroxylation sites is 3. The number of pyridine rings is 3. The zero-order valence-electron chi connectivity index (χ0n) is 69.7. The van der Waals surface area contributed by atoms with Gasteiger partial charge in [-0.25, -0.2) is 24.9 Å². The van der Waals surface area contributed by atoms with E-state index in [-0.39, 0.29) is 63.2 Å². The van der Waals surface area contributed by atoms with E-state index >= 15 is 0 Å². The largest absolute Gasteiger partial charge is 2.00 e. The third-order valence-corrected chi connectivity index (χ3v) is 27.8. The van der Waals surface area contributed by atoms with Crippen LogP contribution in [0, 0.1) is 36.4 Å². The molecule has 27 rings (SSSR count). The van der Waals surface area contributed by atoms with Crippen LogP contribution in [0.25, 0.3) is 247 Å². The summed E-state index contributed by atoms with van der Waals surface area (Å²) in [4.78, 5) is 55.4. The minimum Gasteiger partial charge on any atom is -0.481 e. The molecule has 0 radical (unpaired) electrons. The minimum atomic E-state index is 0. The summed E-state index contributed by atoms with van der Waals surface area (Å²) >= 11 is 9.66. The van der Waals surface area contributed by atoms with Crippen molar-refractivity contribution in [2.75, 3.05) is 0 Å². The molecule has 0 amide bonds. The van der Waals surface area contributed by atoms with Crippen molar-refractivity contribution in [1.82, 2.24) is 73.5 Å². The van der Waals surface area contributed by atoms with Gasteiger partial charge in [0.1, 0.15) is 59.5 Å². The summed E-state index contributed by atoms with van der Waals surface area (Å²) in [6, 6.07) is 108. The van der Waals surface area contributed by atoms with E-state index in [4.69, 9.17) is 33.2 Å². The van der Waals surface area contributed by atoms with E-state index in [9.17, 15) is 0 Å². The molecule has 0 unspecified atom stereocenters. The molecule has 0 saturated carbocycles. The molecule has 0 atom stereocenters. The predicted octanol–water partition coefficient (Wildman–Crippen LogP) is 28.5. The molecule has 0 bridgehead atoms. The van der Waals surface area contributed by atoms with Gasteiger partial charge in [-0.15, -0.1) is 206 Å². The molecule has 15 aromatic heterocycles. The van der Waals surface area contributed by atoms with Crippen LogP contribution in [0.2, 0.25) is 0 Å². The van der Waals surface area contributed by atoms with E-state index in [0.717, 1.165) is 224 Å². The smallest absolute Gasteiger partial charge is 0.481 e. The molecule has 12 aromatic carbocycles. The Morgan fingerprint density at radius 3 is 1.18 bits per heavy atom. The normalized spacial score (nSPS) is 11.4.